The molecule has 0 bridgehead atoms. The van der Waals surface area contributed by atoms with E-state index in [4.69, 9.17) is 9.47 Å². The number of rotatable bonds is 7. The molecule has 0 aliphatic heterocycles. The Bertz CT molecular complexity index is 756. The second-order valence-electron chi connectivity index (χ2n) is 5.89. The molecule has 1 aromatic carbocycles. The number of guanidine groups is 1. The molecule has 0 aliphatic rings. The van der Waals surface area contributed by atoms with Gasteiger partial charge in [-0.3, -0.25) is 0 Å². The number of aryl methyl sites for hydroxylation is 1. The van der Waals surface area contributed by atoms with Crippen LogP contribution in [-0.2, 0) is 13.6 Å². The van der Waals surface area contributed by atoms with E-state index in [-0.39, 0.29) is 6.04 Å². The van der Waals surface area contributed by atoms with Gasteiger partial charge in [-0.15, -0.1) is 10.2 Å². The standard InChI is InChI=1S/C18H28N6O2/c1-7-19-18(20-11-17-23-22-13(3)24(17)4)21-12(2)15-10-14(25-5)8-9-16(15)26-6/h8-10,12H,7,11H2,1-6H3,(H2,19,20,21). The molecule has 0 amide bonds. The molecule has 142 valence electrons. The zero-order valence-electron chi connectivity index (χ0n) is 16.3. The van der Waals surface area contributed by atoms with Crippen LogP contribution in [0.15, 0.2) is 23.2 Å². The fourth-order valence-corrected chi connectivity index (χ4v) is 2.52. The molecule has 0 saturated heterocycles. The van der Waals surface area contributed by atoms with Gasteiger partial charge in [0.2, 0.25) is 0 Å². The van der Waals surface area contributed by atoms with Crippen molar-refractivity contribution in [2.75, 3.05) is 20.8 Å². The zero-order valence-corrected chi connectivity index (χ0v) is 16.3. The lowest BCUT2D eigenvalue weighted by Crippen LogP contribution is -2.38. The average molecular weight is 360 g/mol. The molecule has 1 atom stereocenters. The van der Waals surface area contributed by atoms with Crippen molar-refractivity contribution in [2.45, 2.75) is 33.4 Å². The molecule has 0 aliphatic carbocycles. The molecule has 2 aromatic rings. The van der Waals surface area contributed by atoms with Crippen molar-refractivity contribution in [1.82, 2.24) is 25.4 Å². The Morgan fingerprint density at radius 3 is 2.62 bits per heavy atom. The molecule has 8 heteroatoms. The molecule has 1 heterocycles. The Kier molecular flexibility index (Phi) is 6.82. The van der Waals surface area contributed by atoms with E-state index >= 15 is 0 Å². The van der Waals surface area contributed by atoms with E-state index in [1.807, 2.05) is 43.7 Å². The number of aliphatic imine (C=N–C) groups is 1. The summed E-state index contributed by atoms with van der Waals surface area (Å²) in [5.41, 5.74) is 0.993. The molecule has 1 unspecified atom stereocenters. The third kappa shape index (κ3) is 4.65. The number of hydrogen-bond acceptors (Lipinski definition) is 5. The summed E-state index contributed by atoms with van der Waals surface area (Å²) in [4.78, 5) is 4.62. The number of nitrogens with zero attached hydrogens (tertiary/aromatic N) is 4. The maximum atomic E-state index is 5.48. The predicted octanol–water partition coefficient (Wildman–Crippen LogP) is 1.96. The van der Waals surface area contributed by atoms with Gasteiger partial charge in [-0.25, -0.2) is 4.99 Å². The lowest BCUT2D eigenvalue weighted by molar-refractivity contribution is 0.394. The van der Waals surface area contributed by atoms with Gasteiger partial charge in [-0.1, -0.05) is 0 Å². The van der Waals surface area contributed by atoms with Crippen LogP contribution >= 0.6 is 0 Å². The minimum absolute atomic E-state index is 0.0286. The third-order valence-electron chi connectivity index (χ3n) is 4.16. The summed E-state index contributed by atoms with van der Waals surface area (Å²) in [5, 5.41) is 14.9. The summed E-state index contributed by atoms with van der Waals surface area (Å²) < 4.78 is 12.7. The van der Waals surface area contributed by atoms with E-state index < -0.39 is 0 Å². The quantitative estimate of drug-likeness (QED) is 0.580. The van der Waals surface area contributed by atoms with Crippen LogP contribution in [0, 0.1) is 6.92 Å². The minimum Gasteiger partial charge on any atom is -0.497 e. The molecule has 0 fully saturated rings. The molecule has 2 rings (SSSR count). The first kappa shape index (κ1) is 19.6. The first-order chi connectivity index (χ1) is 12.5. The fourth-order valence-electron chi connectivity index (χ4n) is 2.52. The van der Waals surface area contributed by atoms with Gasteiger partial charge in [0.25, 0.3) is 0 Å². The number of hydrogen-bond donors (Lipinski definition) is 2. The molecule has 1 aromatic heterocycles. The van der Waals surface area contributed by atoms with Crippen LogP contribution < -0.4 is 20.1 Å². The summed E-state index contributed by atoms with van der Waals surface area (Å²) in [5.74, 6) is 3.95. The predicted molar refractivity (Wildman–Crippen MR) is 102 cm³/mol. The van der Waals surface area contributed by atoms with Gasteiger partial charge in [0, 0.05) is 19.2 Å². The van der Waals surface area contributed by atoms with Gasteiger partial charge >= 0.3 is 0 Å². The summed E-state index contributed by atoms with van der Waals surface area (Å²) in [6, 6.07) is 5.72. The smallest absolute Gasteiger partial charge is 0.192 e. The maximum Gasteiger partial charge on any atom is 0.192 e. The average Bonchev–Trinajstić information content (AvgIpc) is 2.97. The third-order valence-corrected chi connectivity index (χ3v) is 4.16. The van der Waals surface area contributed by atoms with Gasteiger partial charge in [0.1, 0.15) is 23.9 Å². The van der Waals surface area contributed by atoms with Crippen LogP contribution in [0.25, 0.3) is 0 Å². The molecule has 26 heavy (non-hydrogen) atoms. The second-order valence-corrected chi connectivity index (χ2v) is 5.89. The van der Waals surface area contributed by atoms with E-state index in [1.54, 1.807) is 14.2 Å². The fraction of sp³-hybridized carbons (Fsp3) is 0.500. The van der Waals surface area contributed by atoms with E-state index in [1.165, 1.54) is 0 Å². The lowest BCUT2D eigenvalue weighted by Gasteiger charge is -2.20. The van der Waals surface area contributed by atoms with Gasteiger partial charge in [0.15, 0.2) is 11.8 Å². The van der Waals surface area contributed by atoms with Crippen LogP contribution in [0.3, 0.4) is 0 Å². The largest absolute Gasteiger partial charge is 0.497 e. The lowest BCUT2D eigenvalue weighted by atomic mass is 10.1. The van der Waals surface area contributed by atoms with Gasteiger partial charge in [-0.05, 0) is 39.0 Å². The number of aromatic nitrogens is 3. The Morgan fingerprint density at radius 2 is 2.04 bits per heavy atom. The molecule has 2 N–H and O–H groups in total. The first-order valence-corrected chi connectivity index (χ1v) is 8.61. The highest BCUT2D eigenvalue weighted by atomic mass is 16.5. The second kappa shape index (κ2) is 9.07. The molecule has 8 nitrogen and oxygen atoms in total. The topological polar surface area (TPSA) is 85.6 Å². The van der Waals surface area contributed by atoms with Gasteiger partial charge in [-0.2, -0.15) is 0 Å². The Balaban J connectivity index is 2.18. The number of benzene rings is 1. The molecule has 0 saturated carbocycles. The maximum absolute atomic E-state index is 5.48. The Labute approximate surface area is 154 Å². The first-order valence-electron chi connectivity index (χ1n) is 8.61. The molecule has 0 spiro atoms. The Morgan fingerprint density at radius 1 is 1.27 bits per heavy atom. The van der Waals surface area contributed by atoms with Crippen LogP contribution in [0.5, 0.6) is 11.5 Å². The van der Waals surface area contributed by atoms with Gasteiger partial charge < -0.3 is 24.7 Å². The Hall–Kier alpha value is -2.77. The van der Waals surface area contributed by atoms with E-state index in [0.29, 0.717) is 12.5 Å². The van der Waals surface area contributed by atoms with E-state index in [0.717, 1.165) is 35.3 Å². The summed E-state index contributed by atoms with van der Waals surface area (Å²) in [6.07, 6.45) is 0. The van der Waals surface area contributed by atoms with Crippen LogP contribution in [0.4, 0.5) is 0 Å². The number of nitrogens with one attached hydrogen (secondary N) is 2. The van der Waals surface area contributed by atoms with Crippen LogP contribution in [0.1, 0.15) is 37.1 Å². The number of methoxy groups -OCH3 is 2. The number of ether oxygens (including phenoxy) is 2. The highest BCUT2D eigenvalue weighted by molar-refractivity contribution is 5.80. The summed E-state index contributed by atoms with van der Waals surface area (Å²) in [7, 11) is 5.25. The molecular formula is C18H28N6O2. The highest BCUT2D eigenvalue weighted by Gasteiger charge is 2.14. The van der Waals surface area contributed by atoms with Crippen molar-refractivity contribution in [3.05, 3.63) is 35.4 Å². The van der Waals surface area contributed by atoms with Crippen molar-refractivity contribution in [3.63, 3.8) is 0 Å². The van der Waals surface area contributed by atoms with Crippen molar-refractivity contribution in [2.24, 2.45) is 12.0 Å². The van der Waals surface area contributed by atoms with Gasteiger partial charge in [0.05, 0.1) is 20.3 Å². The van der Waals surface area contributed by atoms with Crippen LogP contribution in [-0.4, -0.2) is 41.5 Å². The SMILES string of the molecule is CCNC(=NCc1nnc(C)n1C)NC(C)c1cc(OC)ccc1OC. The molecule has 0 radical (unpaired) electrons. The zero-order chi connectivity index (χ0) is 19.1. The van der Waals surface area contributed by atoms with Crippen LogP contribution in [0.2, 0.25) is 0 Å². The summed E-state index contributed by atoms with van der Waals surface area (Å²) in [6.45, 7) is 7.19. The highest BCUT2D eigenvalue weighted by Crippen LogP contribution is 2.29. The van der Waals surface area contributed by atoms with Crippen molar-refractivity contribution < 1.29 is 9.47 Å². The van der Waals surface area contributed by atoms with Crippen molar-refractivity contribution in [3.8, 4) is 11.5 Å². The van der Waals surface area contributed by atoms with E-state index in [2.05, 4.69) is 32.7 Å². The normalized spacial score (nSPS) is 12.6. The van der Waals surface area contributed by atoms with E-state index in [9.17, 15) is 0 Å². The molecular weight excluding hydrogens is 332 g/mol. The summed E-state index contributed by atoms with van der Waals surface area (Å²) >= 11 is 0. The van der Waals surface area contributed by atoms with Crippen molar-refractivity contribution >= 4 is 5.96 Å². The van der Waals surface area contributed by atoms with Crippen molar-refractivity contribution in [1.29, 1.82) is 0 Å². The monoisotopic (exact) mass is 360 g/mol. The minimum atomic E-state index is -0.0286.